The van der Waals surface area contributed by atoms with E-state index in [4.69, 9.17) is 11.0 Å². The third kappa shape index (κ3) is 1.80. The van der Waals surface area contributed by atoms with E-state index in [0.717, 1.165) is 0 Å². The summed E-state index contributed by atoms with van der Waals surface area (Å²) >= 11 is 1.26. The Morgan fingerprint density at radius 2 is 2.38 bits per heavy atom. The number of thiazole rings is 1. The molecule has 0 aliphatic carbocycles. The number of hydrogen-bond acceptors (Lipinski definition) is 6. The van der Waals surface area contributed by atoms with Crippen molar-refractivity contribution in [2.75, 3.05) is 0 Å². The van der Waals surface area contributed by atoms with Crippen molar-refractivity contribution in [1.82, 2.24) is 19.7 Å². The van der Waals surface area contributed by atoms with E-state index in [1.54, 1.807) is 11.6 Å². The highest BCUT2D eigenvalue weighted by Gasteiger charge is 2.15. The van der Waals surface area contributed by atoms with Crippen molar-refractivity contribution in [1.29, 1.82) is 5.26 Å². The lowest BCUT2D eigenvalue weighted by Gasteiger charge is -2.04. The number of aromatic nitrogens is 4. The smallest absolute Gasteiger partial charge is 0.213 e. The molecule has 82 valence electrons. The SMILES string of the molecule is Cc1nc([C@H](C)N)n(-c2ncc(C#N)s2)n1. The molecule has 0 unspecified atom stereocenters. The van der Waals surface area contributed by atoms with Crippen molar-refractivity contribution >= 4 is 11.3 Å². The van der Waals surface area contributed by atoms with E-state index >= 15 is 0 Å². The lowest BCUT2D eigenvalue weighted by molar-refractivity contribution is 0.687. The molecule has 0 fully saturated rings. The van der Waals surface area contributed by atoms with Gasteiger partial charge in [0.05, 0.1) is 12.2 Å². The molecule has 2 rings (SSSR count). The van der Waals surface area contributed by atoms with Gasteiger partial charge in [-0.3, -0.25) is 0 Å². The number of nitriles is 1. The molecular weight excluding hydrogens is 224 g/mol. The molecule has 0 amide bonds. The van der Waals surface area contributed by atoms with Gasteiger partial charge >= 0.3 is 0 Å². The van der Waals surface area contributed by atoms with E-state index in [1.807, 2.05) is 13.0 Å². The minimum absolute atomic E-state index is 0.226. The summed E-state index contributed by atoms with van der Waals surface area (Å²) in [5.74, 6) is 1.29. The summed E-state index contributed by atoms with van der Waals surface area (Å²) in [7, 11) is 0. The molecule has 2 N–H and O–H groups in total. The maximum absolute atomic E-state index is 8.73. The van der Waals surface area contributed by atoms with Crippen LogP contribution in [-0.2, 0) is 0 Å². The van der Waals surface area contributed by atoms with Gasteiger partial charge in [-0.25, -0.2) is 9.97 Å². The molecule has 16 heavy (non-hydrogen) atoms. The van der Waals surface area contributed by atoms with Crippen molar-refractivity contribution in [2.24, 2.45) is 5.73 Å². The second kappa shape index (κ2) is 4.00. The van der Waals surface area contributed by atoms with Crippen LogP contribution in [0.25, 0.3) is 5.13 Å². The highest BCUT2D eigenvalue weighted by atomic mass is 32.1. The lowest BCUT2D eigenvalue weighted by Crippen LogP contribution is -2.13. The van der Waals surface area contributed by atoms with Crippen LogP contribution in [0.4, 0.5) is 0 Å². The molecule has 0 aromatic carbocycles. The third-order valence-corrected chi connectivity index (χ3v) is 2.81. The minimum Gasteiger partial charge on any atom is -0.322 e. The summed E-state index contributed by atoms with van der Waals surface area (Å²) in [5.41, 5.74) is 5.79. The molecule has 0 aliphatic rings. The third-order valence-electron chi connectivity index (χ3n) is 1.93. The summed E-state index contributed by atoms with van der Waals surface area (Å²) in [6, 6.07) is 1.81. The van der Waals surface area contributed by atoms with Crippen molar-refractivity contribution in [3.05, 3.63) is 22.7 Å². The second-order valence-corrected chi connectivity index (χ2v) is 4.35. The maximum Gasteiger partial charge on any atom is 0.213 e. The summed E-state index contributed by atoms with van der Waals surface area (Å²) in [5, 5.41) is 13.6. The van der Waals surface area contributed by atoms with E-state index in [1.165, 1.54) is 17.5 Å². The molecule has 0 bridgehead atoms. The van der Waals surface area contributed by atoms with E-state index in [2.05, 4.69) is 15.1 Å². The first-order chi connectivity index (χ1) is 7.61. The van der Waals surface area contributed by atoms with Crippen LogP contribution in [0.5, 0.6) is 0 Å². The standard InChI is InChI=1S/C9H10N6S/c1-5(11)8-13-6(2)14-15(8)9-12-4-7(3-10)16-9/h4-5H,11H2,1-2H3/t5-/m0/s1. The van der Waals surface area contributed by atoms with E-state index in [9.17, 15) is 0 Å². The molecule has 6 nitrogen and oxygen atoms in total. The Morgan fingerprint density at radius 3 is 2.94 bits per heavy atom. The van der Waals surface area contributed by atoms with Crippen LogP contribution in [0.3, 0.4) is 0 Å². The van der Waals surface area contributed by atoms with Gasteiger partial charge in [0.1, 0.15) is 16.8 Å². The Bertz CT molecular complexity index is 547. The van der Waals surface area contributed by atoms with Crippen LogP contribution in [0.15, 0.2) is 6.20 Å². The number of aryl methyl sites for hydroxylation is 1. The van der Waals surface area contributed by atoms with Gasteiger partial charge in [0.2, 0.25) is 5.13 Å². The zero-order chi connectivity index (χ0) is 11.7. The molecular formula is C9H10N6S. The first-order valence-corrected chi connectivity index (χ1v) is 5.49. The van der Waals surface area contributed by atoms with Crippen LogP contribution >= 0.6 is 11.3 Å². The van der Waals surface area contributed by atoms with Gasteiger partial charge in [0.25, 0.3) is 0 Å². The number of rotatable bonds is 2. The van der Waals surface area contributed by atoms with Crippen molar-refractivity contribution in [3.63, 3.8) is 0 Å². The van der Waals surface area contributed by atoms with Crippen molar-refractivity contribution in [2.45, 2.75) is 19.9 Å². The molecule has 0 radical (unpaired) electrons. The number of nitrogens with two attached hydrogens (primary N) is 1. The van der Waals surface area contributed by atoms with Crippen LogP contribution in [-0.4, -0.2) is 19.7 Å². The Kier molecular flexibility index (Phi) is 2.68. The van der Waals surface area contributed by atoms with Gasteiger partial charge in [-0.2, -0.15) is 9.94 Å². The molecule has 0 aliphatic heterocycles. The average molecular weight is 234 g/mol. The molecule has 7 heteroatoms. The molecule has 2 heterocycles. The number of nitrogens with zero attached hydrogens (tertiary/aromatic N) is 5. The Labute approximate surface area is 96.4 Å². The Hall–Kier alpha value is -1.78. The summed E-state index contributed by atoms with van der Waals surface area (Å²) in [6.45, 7) is 3.62. The highest BCUT2D eigenvalue weighted by molar-refractivity contribution is 7.14. The van der Waals surface area contributed by atoms with Crippen molar-refractivity contribution < 1.29 is 0 Å². The van der Waals surface area contributed by atoms with Gasteiger partial charge in [0, 0.05) is 0 Å². The van der Waals surface area contributed by atoms with Crippen LogP contribution in [0.2, 0.25) is 0 Å². The van der Waals surface area contributed by atoms with Gasteiger partial charge in [-0.05, 0) is 13.8 Å². The molecule has 0 saturated carbocycles. The average Bonchev–Trinajstić information content (AvgIpc) is 2.82. The molecule has 0 spiro atoms. The zero-order valence-electron chi connectivity index (χ0n) is 8.88. The first kappa shape index (κ1) is 10.7. The summed E-state index contributed by atoms with van der Waals surface area (Å²) in [4.78, 5) is 8.89. The predicted octanol–water partition coefficient (Wildman–Crippen LogP) is 0.924. The largest absolute Gasteiger partial charge is 0.322 e. The van der Waals surface area contributed by atoms with Crippen LogP contribution in [0.1, 0.15) is 29.5 Å². The van der Waals surface area contributed by atoms with Gasteiger partial charge in [-0.1, -0.05) is 11.3 Å². The monoisotopic (exact) mass is 234 g/mol. The quantitative estimate of drug-likeness (QED) is 0.834. The molecule has 0 saturated heterocycles. The predicted molar refractivity (Wildman–Crippen MR) is 59.1 cm³/mol. The summed E-state index contributed by atoms with van der Waals surface area (Å²) in [6.07, 6.45) is 1.52. The first-order valence-electron chi connectivity index (χ1n) is 4.67. The summed E-state index contributed by atoms with van der Waals surface area (Å²) < 4.78 is 1.59. The molecule has 2 aromatic rings. The fourth-order valence-corrected chi connectivity index (χ4v) is 1.96. The van der Waals surface area contributed by atoms with E-state index in [0.29, 0.717) is 21.7 Å². The van der Waals surface area contributed by atoms with Crippen LogP contribution in [0, 0.1) is 18.3 Å². The lowest BCUT2D eigenvalue weighted by atomic mass is 10.3. The minimum atomic E-state index is -0.226. The normalized spacial score (nSPS) is 12.4. The van der Waals surface area contributed by atoms with Gasteiger partial charge < -0.3 is 5.73 Å². The highest BCUT2D eigenvalue weighted by Crippen LogP contribution is 2.19. The zero-order valence-corrected chi connectivity index (χ0v) is 9.69. The molecule has 1 atom stereocenters. The fourth-order valence-electron chi connectivity index (χ4n) is 1.28. The van der Waals surface area contributed by atoms with E-state index < -0.39 is 0 Å². The van der Waals surface area contributed by atoms with Gasteiger partial charge in [-0.15, -0.1) is 5.10 Å². The maximum atomic E-state index is 8.73. The Morgan fingerprint density at radius 1 is 1.62 bits per heavy atom. The van der Waals surface area contributed by atoms with E-state index in [-0.39, 0.29) is 6.04 Å². The van der Waals surface area contributed by atoms with Gasteiger partial charge in [0.15, 0.2) is 5.82 Å². The fraction of sp³-hybridized carbons (Fsp3) is 0.333. The molecule has 2 aromatic heterocycles. The second-order valence-electron chi connectivity index (χ2n) is 3.34. The van der Waals surface area contributed by atoms with Crippen LogP contribution < -0.4 is 5.73 Å². The number of hydrogen-bond donors (Lipinski definition) is 1. The topological polar surface area (TPSA) is 93.4 Å². The van der Waals surface area contributed by atoms with Crippen molar-refractivity contribution in [3.8, 4) is 11.2 Å². The Balaban J connectivity index is 2.51.